The van der Waals surface area contributed by atoms with Crippen LogP contribution in [0, 0.1) is 5.92 Å². The second-order valence-electron chi connectivity index (χ2n) is 4.69. The Bertz CT molecular complexity index is 270. The average molecular weight is 275 g/mol. The summed E-state index contributed by atoms with van der Waals surface area (Å²) in [5, 5.41) is 0. The van der Waals surface area contributed by atoms with E-state index in [9.17, 15) is 4.79 Å². The van der Waals surface area contributed by atoms with E-state index in [0.717, 1.165) is 12.8 Å². The van der Waals surface area contributed by atoms with Gasteiger partial charge in [0.05, 0.1) is 39.6 Å². The minimum absolute atomic E-state index is 0.181. The van der Waals surface area contributed by atoms with Crippen LogP contribution in [0.4, 0.5) is 0 Å². The van der Waals surface area contributed by atoms with Crippen molar-refractivity contribution in [3.05, 3.63) is 0 Å². The van der Waals surface area contributed by atoms with E-state index < -0.39 is 5.54 Å². The summed E-state index contributed by atoms with van der Waals surface area (Å²) in [6.45, 7) is 4.27. The first-order valence-electron chi connectivity index (χ1n) is 6.75. The van der Waals surface area contributed by atoms with E-state index in [2.05, 4.69) is 0 Å². The normalized spacial score (nSPS) is 18.1. The van der Waals surface area contributed by atoms with Crippen molar-refractivity contribution in [3.8, 4) is 0 Å². The fourth-order valence-electron chi connectivity index (χ4n) is 1.81. The fourth-order valence-corrected chi connectivity index (χ4v) is 1.81. The standard InChI is InChI=1S/C13H25NO5/c1-3-19-12(15)13(14,11-4-5-11)10-18-9-8-17-7-6-16-2/h11H,3-10,14H2,1-2H3. The minimum atomic E-state index is -0.997. The van der Waals surface area contributed by atoms with Crippen LogP contribution in [-0.2, 0) is 23.7 Å². The van der Waals surface area contributed by atoms with Crippen molar-refractivity contribution in [1.29, 1.82) is 0 Å². The predicted octanol–water partition coefficient (Wildman–Crippen LogP) is 0.337. The summed E-state index contributed by atoms with van der Waals surface area (Å²) in [5.74, 6) is -0.182. The van der Waals surface area contributed by atoms with Crippen LogP contribution >= 0.6 is 0 Å². The topological polar surface area (TPSA) is 80.0 Å². The van der Waals surface area contributed by atoms with Gasteiger partial charge in [-0.15, -0.1) is 0 Å². The Labute approximate surface area is 114 Å². The Morgan fingerprint density at radius 2 is 1.84 bits per heavy atom. The summed E-state index contributed by atoms with van der Waals surface area (Å²) >= 11 is 0. The lowest BCUT2D eigenvalue weighted by atomic mass is 9.96. The molecule has 0 aromatic rings. The van der Waals surface area contributed by atoms with Crippen LogP contribution in [0.15, 0.2) is 0 Å². The number of rotatable bonds is 11. The van der Waals surface area contributed by atoms with Crippen LogP contribution in [0.2, 0.25) is 0 Å². The van der Waals surface area contributed by atoms with E-state index in [1.165, 1.54) is 0 Å². The van der Waals surface area contributed by atoms with Crippen LogP contribution in [0.5, 0.6) is 0 Å². The monoisotopic (exact) mass is 275 g/mol. The van der Waals surface area contributed by atoms with Gasteiger partial charge >= 0.3 is 5.97 Å². The lowest BCUT2D eigenvalue weighted by Crippen LogP contribution is -2.55. The average Bonchev–Trinajstić information content (AvgIpc) is 3.22. The third-order valence-electron chi connectivity index (χ3n) is 3.11. The number of carbonyl (C=O) groups is 1. The van der Waals surface area contributed by atoms with Crippen LogP contribution < -0.4 is 5.73 Å². The molecule has 0 aliphatic heterocycles. The molecule has 1 fully saturated rings. The molecule has 0 aromatic heterocycles. The zero-order chi connectivity index (χ0) is 14.1. The summed E-state index contributed by atoms with van der Waals surface area (Å²) in [5.41, 5.74) is 5.14. The molecule has 0 heterocycles. The van der Waals surface area contributed by atoms with E-state index >= 15 is 0 Å². The van der Waals surface area contributed by atoms with E-state index in [1.807, 2.05) is 0 Å². The number of hydrogen-bond acceptors (Lipinski definition) is 6. The molecule has 1 rings (SSSR count). The molecule has 0 aromatic carbocycles. The summed E-state index contributed by atoms with van der Waals surface area (Å²) in [6, 6.07) is 0. The van der Waals surface area contributed by atoms with E-state index in [-0.39, 0.29) is 18.5 Å². The van der Waals surface area contributed by atoms with Gasteiger partial charge in [-0.3, -0.25) is 0 Å². The van der Waals surface area contributed by atoms with E-state index in [0.29, 0.717) is 33.0 Å². The number of ether oxygens (including phenoxy) is 4. The van der Waals surface area contributed by atoms with Gasteiger partial charge in [0.2, 0.25) is 0 Å². The van der Waals surface area contributed by atoms with Crippen LogP contribution in [0.1, 0.15) is 19.8 Å². The Hall–Kier alpha value is -0.690. The molecule has 112 valence electrons. The second-order valence-corrected chi connectivity index (χ2v) is 4.69. The first kappa shape index (κ1) is 16.4. The maximum Gasteiger partial charge on any atom is 0.328 e. The molecule has 6 nitrogen and oxygen atoms in total. The maximum absolute atomic E-state index is 11.9. The molecule has 1 unspecified atom stereocenters. The number of esters is 1. The van der Waals surface area contributed by atoms with E-state index in [1.54, 1.807) is 14.0 Å². The zero-order valence-corrected chi connectivity index (χ0v) is 11.9. The van der Waals surface area contributed by atoms with Crippen molar-refractivity contribution in [2.24, 2.45) is 11.7 Å². The molecule has 1 saturated carbocycles. The Morgan fingerprint density at radius 3 is 2.42 bits per heavy atom. The van der Waals surface area contributed by atoms with Gasteiger partial charge in [0.25, 0.3) is 0 Å². The SMILES string of the molecule is CCOC(=O)C(N)(COCCOCCOC)C1CC1. The molecule has 2 N–H and O–H groups in total. The lowest BCUT2D eigenvalue weighted by Gasteiger charge is -2.26. The highest BCUT2D eigenvalue weighted by molar-refractivity contribution is 5.81. The summed E-state index contributed by atoms with van der Waals surface area (Å²) in [7, 11) is 1.62. The van der Waals surface area contributed by atoms with Crippen molar-refractivity contribution in [3.63, 3.8) is 0 Å². The number of methoxy groups -OCH3 is 1. The third kappa shape index (κ3) is 5.44. The van der Waals surface area contributed by atoms with Crippen molar-refractivity contribution in [2.45, 2.75) is 25.3 Å². The number of carbonyl (C=O) groups excluding carboxylic acids is 1. The van der Waals surface area contributed by atoms with Crippen molar-refractivity contribution < 1.29 is 23.7 Å². The fraction of sp³-hybridized carbons (Fsp3) is 0.923. The molecule has 19 heavy (non-hydrogen) atoms. The molecular weight excluding hydrogens is 250 g/mol. The maximum atomic E-state index is 11.9. The van der Waals surface area contributed by atoms with Gasteiger partial charge in [0.1, 0.15) is 5.54 Å². The Kier molecular flexibility index (Phi) is 7.30. The minimum Gasteiger partial charge on any atom is -0.465 e. The molecule has 1 aliphatic carbocycles. The van der Waals surface area contributed by atoms with Crippen LogP contribution in [0.25, 0.3) is 0 Å². The predicted molar refractivity (Wildman–Crippen MR) is 69.8 cm³/mol. The van der Waals surface area contributed by atoms with Gasteiger partial charge in [0.15, 0.2) is 0 Å². The highest BCUT2D eigenvalue weighted by Crippen LogP contribution is 2.39. The quantitative estimate of drug-likeness (QED) is 0.432. The summed E-state index contributed by atoms with van der Waals surface area (Å²) in [6.07, 6.45) is 1.92. The molecule has 0 radical (unpaired) electrons. The van der Waals surface area contributed by atoms with Gasteiger partial charge in [-0.25, -0.2) is 4.79 Å². The molecule has 0 saturated heterocycles. The molecule has 0 amide bonds. The molecule has 1 aliphatic rings. The van der Waals surface area contributed by atoms with Gasteiger partial charge in [-0.2, -0.15) is 0 Å². The second kappa shape index (κ2) is 8.47. The Balaban J connectivity index is 2.21. The van der Waals surface area contributed by atoms with Crippen LogP contribution in [0.3, 0.4) is 0 Å². The molecule has 6 heteroatoms. The van der Waals surface area contributed by atoms with Crippen molar-refractivity contribution >= 4 is 5.97 Å². The first-order chi connectivity index (χ1) is 9.15. The first-order valence-corrected chi connectivity index (χ1v) is 6.75. The molecular formula is C13H25NO5. The van der Waals surface area contributed by atoms with Gasteiger partial charge in [-0.1, -0.05) is 0 Å². The third-order valence-corrected chi connectivity index (χ3v) is 3.11. The Morgan fingerprint density at radius 1 is 1.21 bits per heavy atom. The van der Waals surface area contributed by atoms with E-state index in [4.69, 9.17) is 24.7 Å². The summed E-state index contributed by atoms with van der Waals surface area (Å²) < 4.78 is 20.6. The van der Waals surface area contributed by atoms with Crippen molar-refractivity contribution in [2.75, 3.05) is 46.8 Å². The molecule has 0 bridgehead atoms. The van der Waals surface area contributed by atoms with Gasteiger partial charge in [-0.05, 0) is 25.7 Å². The number of nitrogens with two attached hydrogens (primary N) is 1. The van der Waals surface area contributed by atoms with Gasteiger partial charge < -0.3 is 24.7 Å². The van der Waals surface area contributed by atoms with Gasteiger partial charge in [0, 0.05) is 7.11 Å². The highest BCUT2D eigenvalue weighted by atomic mass is 16.6. The van der Waals surface area contributed by atoms with Crippen molar-refractivity contribution in [1.82, 2.24) is 0 Å². The number of hydrogen-bond donors (Lipinski definition) is 1. The molecule has 0 spiro atoms. The lowest BCUT2D eigenvalue weighted by molar-refractivity contribution is -0.153. The highest BCUT2D eigenvalue weighted by Gasteiger charge is 2.49. The zero-order valence-electron chi connectivity index (χ0n) is 11.9. The summed E-state index contributed by atoms with van der Waals surface area (Å²) in [4.78, 5) is 11.9. The largest absolute Gasteiger partial charge is 0.465 e. The van der Waals surface area contributed by atoms with Crippen LogP contribution in [-0.4, -0.2) is 58.3 Å². The molecule has 1 atom stereocenters. The smallest absolute Gasteiger partial charge is 0.328 e.